The van der Waals surface area contributed by atoms with E-state index in [2.05, 4.69) is 0 Å². The first-order valence-electron chi connectivity index (χ1n) is 5.51. The average molecular weight is 244 g/mol. The molecule has 1 aromatic carbocycles. The van der Waals surface area contributed by atoms with E-state index in [1.165, 1.54) is 18.6 Å². The van der Waals surface area contributed by atoms with Crippen molar-refractivity contribution in [2.24, 2.45) is 0 Å². The molecule has 1 unspecified atom stereocenters. The number of hydrogen-bond donors (Lipinski definition) is 0. The molecule has 2 rings (SSSR count). The molecule has 0 aliphatic rings. The summed E-state index contributed by atoms with van der Waals surface area (Å²) in [5.41, 5.74) is 0.813. The van der Waals surface area contributed by atoms with Crippen LogP contribution in [0.5, 0.6) is 0 Å². The third-order valence-corrected chi connectivity index (χ3v) is 2.47. The summed E-state index contributed by atoms with van der Waals surface area (Å²) in [5, 5.41) is 0. The van der Waals surface area contributed by atoms with Gasteiger partial charge in [-0.25, -0.2) is 4.79 Å². The van der Waals surface area contributed by atoms with Gasteiger partial charge in [0.05, 0.1) is 11.8 Å². The maximum Gasteiger partial charge on any atom is 0.342 e. The number of rotatable bonds is 4. The highest BCUT2D eigenvalue weighted by molar-refractivity contribution is 6.01. The SMILES string of the molecule is CC(OC(=O)c1ccoc1)C(=O)c1ccccc1. The lowest BCUT2D eigenvalue weighted by atomic mass is 10.1. The van der Waals surface area contributed by atoms with Crippen LogP contribution >= 0.6 is 0 Å². The zero-order valence-electron chi connectivity index (χ0n) is 9.83. The molecule has 1 atom stereocenters. The molecule has 0 aliphatic heterocycles. The van der Waals surface area contributed by atoms with E-state index < -0.39 is 12.1 Å². The van der Waals surface area contributed by atoms with Crippen molar-refractivity contribution in [1.82, 2.24) is 0 Å². The van der Waals surface area contributed by atoms with E-state index in [1.807, 2.05) is 6.07 Å². The van der Waals surface area contributed by atoms with E-state index in [0.29, 0.717) is 11.1 Å². The van der Waals surface area contributed by atoms with Gasteiger partial charge in [-0.1, -0.05) is 30.3 Å². The highest BCUT2D eigenvalue weighted by Gasteiger charge is 2.20. The summed E-state index contributed by atoms with van der Waals surface area (Å²) in [6.07, 6.45) is 1.83. The minimum atomic E-state index is -0.824. The fourth-order valence-corrected chi connectivity index (χ4v) is 1.50. The van der Waals surface area contributed by atoms with E-state index in [9.17, 15) is 9.59 Å². The predicted molar refractivity (Wildman–Crippen MR) is 64.4 cm³/mol. The molecule has 1 aromatic heterocycles. The quantitative estimate of drug-likeness (QED) is 0.613. The number of Topliss-reactive ketones (excluding diaryl/α,β-unsaturated/α-hetero) is 1. The van der Waals surface area contributed by atoms with Crippen LogP contribution in [0.15, 0.2) is 53.3 Å². The summed E-state index contributed by atoms with van der Waals surface area (Å²) in [7, 11) is 0. The number of ketones is 1. The lowest BCUT2D eigenvalue weighted by Gasteiger charge is -2.11. The lowest BCUT2D eigenvalue weighted by Crippen LogP contribution is -2.24. The van der Waals surface area contributed by atoms with Gasteiger partial charge in [-0.05, 0) is 13.0 Å². The van der Waals surface area contributed by atoms with E-state index in [4.69, 9.17) is 9.15 Å². The molecule has 18 heavy (non-hydrogen) atoms. The Labute approximate surface area is 104 Å². The number of furan rings is 1. The van der Waals surface area contributed by atoms with E-state index >= 15 is 0 Å². The summed E-state index contributed by atoms with van der Waals surface area (Å²) in [5.74, 6) is -0.798. The molecule has 0 spiro atoms. The van der Waals surface area contributed by atoms with Crippen molar-refractivity contribution < 1.29 is 18.7 Å². The first-order valence-corrected chi connectivity index (χ1v) is 5.51. The molecule has 0 fully saturated rings. The minimum Gasteiger partial charge on any atom is -0.472 e. The van der Waals surface area contributed by atoms with Crippen molar-refractivity contribution in [3.05, 3.63) is 60.1 Å². The normalized spacial score (nSPS) is 11.8. The maximum absolute atomic E-state index is 11.9. The summed E-state index contributed by atoms with van der Waals surface area (Å²) in [4.78, 5) is 23.6. The van der Waals surface area contributed by atoms with Crippen molar-refractivity contribution in [2.75, 3.05) is 0 Å². The van der Waals surface area contributed by atoms with Gasteiger partial charge in [0.2, 0.25) is 5.78 Å². The molecular weight excluding hydrogens is 232 g/mol. The van der Waals surface area contributed by atoms with Crippen molar-refractivity contribution >= 4 is 11.8 Å². The molecule has 0 bridgehead atoms. The van der Waals surface area contributed by atoms with E-state index in [-0.39, 0.29) is 5.78 Å². The van der Waals surface area contributed by atoms with Crippen LogP contribution < -0.4 is 0 Å². The monoisotopic (exact) mass is 244 g/mol. The Kier molecular flexibility index (Phi) is 3.57. The standard InChI is InChI=1S/C14H12O4/c1-10(13(15)11-5-3-2-4-6-11)18-14(16)12-7-8-17-9-12/h2-10H,1H3. The van der Waals surface area contributed by atoms with Crippen LogP contribution in [0.1, 0.15) is 27.6 Å². The van der Waals surface area contributed by atoms with Gasteiger partial charge in [0.1, 0.15) is 6.26 Å². The van der Waals surface area contributed by atoms with Gasteiger partial charge in [0.25, 0.3) is 0 Å². The van der Waals surface area contributed by atoms with Crippen LogP contribution in [0.3, 0.4) is 0 Å². The Morgan fingerprint density at radius 2 is 1.83 bits per heavy atom. The Balaban J connectivity index is 2.02. The van der Waals surface area contributed by atoms with Crippen molar-refractivity contribution in [3.63, 3.8) is 0 Å². The van der Waals surface area contributed by atoms with Crippen LogP contribution in [0.4, 0.5) is 0 Å². The molecule has 0 saturated heterocycles. The number of ether oxygens (including phenoxy) is 1. The zero-order valence-corrected chi connectivity index (χ0v) is 9.83. The molecule has 4 heteroatoms. The van der Waals surface area contributed by atoms with Crippen molar-refractivity contribution in [3.8, 4) is 0 Å². The fraction of sp³-hybridized carbons (Fsp3) is 0.143. The fourth-order valence-electron chi connectivity index (χ4n) is 1.50. The van der Waals surface area contributed by atoms with E-state index in [1.54, 1.807) is 31.2 Å². The second-order valence-corrected chi connectivity index (χ2v) is 3.79. The Morgan fingerprint density at radius 3 is 2.44 bits per heavy atom. The Bertz CT molecular complexity index is 528. The lowest BCUT2D eigenvalue weighted by molar-refractivity contribution is 0.0318. The Morgan fingerprint density at radius 1 is 1.11 bits per heavy atom. The number of hydrogen-bond acceptors (Lipinski definition) is 4. The summed E-state index contributed by atoms with van der Waals surface area (Å²) in [6.45, 7) is 1.55. The third kappa shape index (κ3) is 2.66. The molecule has 92 valence electrons. The molecular formula is C14H12O4. The Hall–Kier alpha value is -2.36. The zero-order chi connectivity index (χ0) is 13.0. The van der Waals surface area contributed by atoms with Crippen LogP contribution in [-0.4, -0.2) is 17.9 Å². The summed E-state index contributed by atoms with van der Waals surface area (Å²) < 4.78 is 9.84. The van der Waals surface area contributed by atoms with Crippen LogP contribution in [0.25, 0.3) is 0 Å². The maximum atomic E-state index is 11.9. The smallest absolute Gasteiger partial charge is 0.342 e. The highest BCUT2D eigenvalue weighted by atomic mass is 16.5. The van der Waals surface area contributed by atoms with Gasteiger partial charge in [0.15, 0.2) is 6.10 Å². The summed E-state index contributed by atoms with van der Waals surface area (Å²) >= 11 is 0. The average Bonchev–Trinajstić information content (AvgIpc) is 2.92. The van der Waals surface area contributed by atoms with Gasteiger partial charge in [0, 0.05) is 5.56 Å². The number of benzene rings is 1. The van der Waals surface area contributed by atoms with Crippen LogP contribution in [0.2, 0.25) is 0 Å². The largest absolute Gasteiger partial charge is 0.472 e. The first-order chi connectivity index (χ1) is 8.68. The van der Waals surface area contributed by atoms with Gasteiger partial charge >= 0.3 is 5.97 Å². The molecule has 0 aliphatic carbocycles. The molecule has 0 saturated carbocycles. The van der Waals surface area contributed by atoms with E-state index in [0.717, 1.165) is 0 Å². The van der Waals surface area contributed by atoms with Crippen LogP contribution in [0, 0.1) is 0 Å². The topological polar surface area (TPSA) is 56.5 Å². The molecule has 0 amide bonds. The third-order valence-electron chi connectivity index (χ3n) is 2.47. The molecule has 1 heterocycles. The van der Waals surface area contributed by atoms with Gasteiger partial charge in [-0.2, -0.15) is 0 Å². The number of carbonyl (C=O) groups excluding carboxylic acids is 2. The molecule has 4 nitrogen and oxygen atoms in total. The predicted octanol–water partition coefficient (Wildman–Crippen LogP) is 2.71. The molecule has 0 N–H and O–H groups in total. The van der Waals surface area contributed by atoms with Gasteiger partial charge in [-0.15, -0.1) is 0 Å². The molecule has 2 aromatic rings. The highest BCUT2D eigenvalue weighted by Crippen LogP contribution is 2.09. The molecule has 0 radical (unpaired) electrons. The van der Waals surface area contributed by atoms with Gasteiger partial charge in [-0.3, -0.25) is 4.79 Å². The number of carbonyl (C=O) groups is 2. The van der Waals surface area contributed by atoms with Crippen molar-refractivity contribution in [1.29, 1.82) is 0 Å². The second kappa shape index (κ2) is 5.31. The van der Waals surface area contributed by atoms with Crippen molar-refractivity contribution in [2.45, 2.75) is 13.0 Å². The minimum absolute atomic E-state index is 0.229. The second-order valence-electron chi connectivity index (χ2n) is 3.79. The van der Waals surface area contributed by atoms with Crippen LogP contribution in [-0.2, 0) is 4.74 Å². The van der Waals surface area contributed by atoms with Gasteiger partial charge < -0.3 is 9.15 Å². The number of esters is 1. The summed E-state index contributed by atoms with van der Waals surface area (Å²) in [6, 6.07) is 10.2. The first kappa shape index (κ1) is 12.1.